The number of aromatic nitrogens is 2. The SMILES string of the molecule is O=c1[nH]c(SCCF)nc2scc(-c3ccccc3)c12. The molecule has 3 aromatic rings. The minimum absolute atomic E-state index is 0.170. The van der Waals surface area contributed by atoms with Crippen molar-refractivity contribution >= 4 is 33.3 Å². The van der Waals surface area contributed by atoms with Crippen LogP contribution < -0.4 is 5.56 Å². The van der Waals surface area contributed by atoms with Crippen LogP contribution in [0.15, 0.2) is 45.7 Å². The van der Waals surface area contributed by atoms with Crippen LogP contribution in [0.5, 0.6) is 0 Å². The zero-order valence-corrected chi connectivity index (χ0v) is 12.1. The van der Waals surface area contributed by atoms with E-state index in [2.05, 4.69) is 9.97 Å². The molecule has 2 aromatic heterocycles. The van der Waals surface area contributed by atoms with Crippen molar-refractivity contribution in [2.24, 2.45) is 0 Å². The fourth-order valence-electron chi connectivity index (χ4n) is 1.96. The molecule has 2 heterocycles. The molecule has 0 bridgehead atoms. The third-order valence-corrected chi connectivity index (χ3v) is 4.52. The van der Waals surface area contributed by atoms with Crippen molar-refractivity contribution in [2.75, 3.05) is 12.4 Å². The van der Waals surface area contributed by atoms with E-state index in [0.29, 0.717) is 21.1 Å². The van der Waals surface area contributed by atoms with Gasteiger partial charge in [0, 0.05) is 16.7 Å². The molecule has 20 heavy (non-hydrogen) atoms. The van der Waals surface area contributed by atoms with E-state index in [0.717, 1.165) is 11.1 Å². The molecule has 6 heteroatoms. The Bertz CT molecular complexity index is 783. The molecule has 0 saturated heterocycles. The van der Waals surface area contributed by atoms with Crippen molar-refractivity contribution in [3.8, 4) is 11.1 Å². The zero-order valence-electron chi connectivity index (χ0n) is 10.4. The van der Waals surface area contributed by atoms with E-state index in [9.17, 15) is 9.18 Å². The van der Waals surface area contributed by atoms with Gasteiger partial charge >= 0.3 is 0 Å². The molecule has 0 saturated carbocycles. The first kappa shape index (κ1) is 13.3. The van der Waals surface area contributed by atoms with Gasteiger partial charge in [0.15, 0.2) is 5.16 Å². The Morgan fingerprint density at radius 1 is 1.30 bits per heavy atom. The van der Waals surface area contributed by atoms with E-state index in [1.165, 1.54) is 23.1 Å². The van der Waals surface area contributed by atoms with Crippen LogP contribution >= 0.6 is 23.1 Å². The number of rotatable bonds is 4. The van der Waals surface area contributed by atoms with Crippen LogP contribution in [-0.4, -0.2) is 22.4 Å². The van der Waals surface area contributed by atoms with Gasteiger partial charge in [0.2, 0.25) is 0 Å². The fraction of sp³-hybridized carbons (Fsp3) is 0.143. The number of aromatic amines is 1. The van der Waals surface area contributed by atoms with Crippen LogP contribution in [0, 0.1) is 0 Å². The van der Waals surface area contributed by atoms with Crippen molar-refractivity contribution in [1.82, 2.24) is 9.97 Å². The van der Waals surface area contributed by atoms with Gasteiger partial charge in [-0.15, -0.1) is 11.3 Å². The molecule has 0 amide bonds. The van der Waals surface area contributed by atoms with E-state index in [4.69, 9.17) is 0 Å². The predicted molar refractivity (Wildman–Crippen MR) is 82.4 cm³/mol. The normalized spacial score (nSPS) is 11.1. The van der Waals surface area contributed by atoms with Crippen molar-refractivity contribution in [3.05, 3.63) is 46.1 Å². The third kappa shape index (κ3) is 2.48. The van der Waals surface area contributed by atoms with E-state index >= 15 is 0 Å². The molecule has 102 valence electrons. The highest BCUT2D eigenvalue weighted by Crippen LogP contribution is 2.31. The molecular weight excluding hydrogens is 295 g/mol. The number of H-pyrrole nitrogens is 1. The first-order valence-corrected chi connectivity index (χ1v) is 7.92. The van der Waals surface area contributed by atoms with Crippen molar-refractivity contribution in [3.63, 3.8) is 0 Å². The molecule has 0 fully saturated rings. The Hall–Kier alpha value is -1.66. The number of hydrogen-bond acceptors (Lipinski definition) is 4. The molecule has 1 aromatic carbocycles. The van der Waals surface area contributed by atoms with E-state index in [1.54, 1.807) is 0 Å². The van der Waals surface area contributed by atoms with Crippen LogP contribution in [0.3, 0.4) is 0 Å². The van der Waals surface area contributed by atoms with Gasteiger partial charge in [-0.25, -0.2) is 4.98 Å². The lowest BCUT2D eigenvalue weighted by Crippen LogP contribution is -2.08. The second-order valence-corrected chi connectivity index (χ2v) is 6.05. The maximum absolute atomic E-state index is 12.2. The summed E-state index contributed by atoms with van der Waals surface area (Å²) < 4.78 is 12.2. The third-order valence-electron chi connectivity index (χ3n) is 2.82. The van der Waals surface area contributed by atoms with Crippen LogP contribution in [0.4, 0.5) is 4.39 Å². The molecule has 1 N–H and O–H groups in total. The van der Waals surface area contributed by atoms with Crippen LogP contribution in [0.25, 0.3) is 21.3 Å². The molecule has 0 spiro atoms. The fourth-order valence-corrected chi connectivity index (χ4v) is 3.56. The average Bonchev–Trinajstić information content (AvgIpc) is 2.90. The molecular formula is C14H11FN2OS2. The Labute approximate surface area is 122 Å². The number of fused-ring (bicyclic) bond motifs is 1. The zero-order chi connectivity index (χ0) is 13.9. The maximum Gasteiger partial charge on any atom is 0.260 e. The summed E-state index contributed by atoms with van der Waals surface area (Å²) in [7, 11) is 0. The van der Waals surface area contributed by atoms with Gasteiger partial charge < -0.3 is 4.98 Å². The lowest BCUT2D eigenvalue weighted by Gasteiger charge is -2.00. The van der Waals surface area contributed by atoms with Gasteiger partial charge in [-0.2, -0.15) is 0 Å². The average molecular weight is 306 g/mol. The highest BCUT2D eigenvalue weighted by Gasteiger charge is 2.12. The van der Waals surface area contributed by atoms with Crippen molar-refractivity contribution in [2.45, 2.75) is 5.16 Å². The van der Waals surface area contributed by atoms with Crippen molar-refractivity contribution < 1.29 is 4.39 Å². The molecule has 0 atom stereocenters. The summed E-state index contributed by atoms with van der Waals surface area (Å²) in [4.78, 5) is 20.0. The number of halogens is 1. The summed E-state index contributed by atoms with van der Waals surface area (Å²) in [6, 6.07) is 9.74. The van der Waals surface area contributed by atoms with E-state index in [-0.39, 0.29) is 5.56 Å². The number of hydrogen-bond donors (Lipinski definition) is 1. The maximum atomic E-state index is 12.2. The summed E-state index contributed by atoms with van der Waals surface area (Å²) in [6.45, 7) is -0.438. The highest BCUT2D eigenvalue weighted by molar-refractivity contribution is 7.99. The summed E-state index contributed by atoms with van der Waals surface area (Å²) in [6.07, 6.45) is 0. The van der Waals surface area contributed by atoms with Gasteiger partial charge in [-0.05, 0) is 5.56 Å². The van der Waals surface area contributed by atoms with E-state index < -0.39 is 6.67 Å². The molecule has 0 aliphatic rings. The Balaban J connectivity index is 2.12. The monoisotopic (exact) mass is 306 g/mol. The van der Waals surface area contributed by atoms with Crippen LogP contribution in [-0.2, 0) is 0 Å². The van der Waals surface area contributed by atoms with Crippen LogP contribution in [0.1, 0.15) is 0 Å². The highest BCUT2D eigenvalue weighted by atomic mass is 32.2. The van der Waals surface area contributed by atoms with Gasteiger partial charge in [0.25, 0.3) is 5.56 Å². The number of alkyl halides is 1. The van der Waals surface area contributed by atoms with Crippen LogP contribution in [0.2, 0.25) is 0 Å². The molecule has 3 nitrogen and oxygen atoms in total. The number of nitrogens with one attached hydrogen (secondary N) is 1. The number of nitrogens with zero attached hydrogens (tertiary/aromatic N) is 1. The molecule has 3 rings (SSSR count). The standard InChI is InChI=1S/C14H11FN2OS2/c15-6-7-19-14-16-12(18)11-10(8-20-13(11)17-14)9-4-2-1-3-5-9/h1-5,8H,6-7H2,(H,16,17,18). The number of thiophene rings is 1. The first-order valence-electron chi connectivity index (χ1n) is 6.05. The Kier molecular flexibility index (Phi) is 3.84. The molecule has 0 unspecified atom stereocenters. The largest absolute Gasteiger partial charge is 0.301 e. The topological polar surface area (TPSA) is 45.8 Å². The lowest BCUT2D eigenvalue weighted by molar-refractivity contribution is 0.532. The molecule has 0 radical (unpaired) electrons. The molecule has 0 aliphatic heterocycles. The minimum Gasteiger partial charge on any atom is -0.301 e. The minimum atomic E-state index is -0.438. The predicted octanol–water partition coefficient (Wildman–Crippen LogP) is 3.71. The quantitative estimate of drug-likeness (QED) is 0.590. The number of thioether (sulfide) groups is 1. The summed E-state index contributed by atoms with van der Waals surface area (Å²) in [5.74, 6) is 0.297. The Morgan fingerprint density at radius 3 is 2.85 bits per heavy atom. The summed E-state index contributed by atoms with van der Waals surface area (Å²) in [5, 5.41) is 3.01. The van der Waals surface area contributed by atoms with Gasteiger partial charge in [0.1, 0.15) is 4.83 Å². The van der Waals surface area contributed by atoms with Gasteiger partial charge in [-0.1, -0.05) is 42.1 Å². The van der Waals surface area contributed by atoms with Gasteiger partial charge in [-0.3, -0.25) is 9.18 Å². The van der Waals surface area contributed by atoms with Crippen molar-refractivity contribution in [1.29, 1.82) is 0 Å². The second kappa shape index (κ2) is 5.76. The molecule has 0 aliphatic carbocycles. The smallest absolute Gasteiger partial charge is 0.260 e. The summed E-state index contributed by atoms with van der Waals surface area (Å²) in [5.41, 5.74) is 1.72. The lowest BCUT2D eigenvalue weighted by atomic mass is 10.1. The first-order chi connectivity index (χ1) is 9.79. The Morgan fingerprint density at radius 2 is 2.10 bits per heavy atom. The number of benzene rings is 1. The second-order valence-electron chi connectivity index (χ2n) is 4.10. The van der Waals surface area contributed by atoms with Gasteiger partial charge in [0.05, 0.1) is 12.1 Å². The van der Waals surface area contributed by atoms with E-state index in [1.807, 2.05) is 35.7 Å². The summed E-state index contributed by atoms with van der Waals surface area (Å²) >= 11 is 2.65.